The molecule has 1 N–H and O–H groups in total. The summed E-state index contributed by atoms with van der Waals surface area (Å²) in [7, 11) is 4.02. The maximum atomic E-state index is 4.56. The molecule has 5 rings (SSSR count). The SMILES string of the molecule is Cc1cc2ncnc(N3CCN(c4ccc5ncnc(N(C)C)c5c4)CC3)c2[nH]1. The minimum atomic E-state index is 0.911. The third kappa shape index (κ3) is 3.10. The lowest BCUT2D eigenvalue weighted by molar-refractivity contribution is 0.648. The van der Waals surface area contributed by atoms with E-state index >= 15 is 0 Å². The minimum Gasteiger partial charge on any atom is -0.368 e. The van der Waals surface area contributed by atoms with Gasteiger partial charge in [0.2, 0.25) is 0 Å². The second-order valence-corrected chi connectivity index (χ2v) is 7.68. The van der Waals surface area contributed by atoms with Gasteiger partial charge in [-0.05, 0) is 31.2 Å². The molecular weight excluding hydrogens is 364 g/mol. The first-order valence-electron chi connectivity index (χ1n) is 9.82. The number of aromatic nitrogens is 5. The van der Waals surface area contributed by atoms with Gasteiger partial charge in [0.15, 0.2) is 5.82 Å². The Morgan fingerprint density at radius 3 is 2.38 bits per heavy atom. The number of fused-ring (bicyclic) bond motifs is 2. The normalized spacial score (nSPS) is 14.7. The van der Waals surface area contributed by atoms with Crippen molar-refractivity contribution >= 4 is 39.3 Å². The summed E-state index contributed by atoms with van der Waals surface area (Å²) in [6.45, 7) is 5.74. The van der Waals surface area contributed by atoms with Crippen molar-refractivity contribution in [2.45, 2.75) is 6.92 Å². The number of rotatable bonds is 3. The molecule has 0 bridgehead atoms. The molecule has 8 nitrogen and oxygen atoms in total. The molecule has 8 heteroatoms. The average Bonchev–Trinajstić information content (AvgIpc) is 3.13. The fourth-order valence-corrected chi connectivity index (χ4v) is 4.06. The van der Waals surface area contributed by atoms with Gasteiger partial charge >= 0.3 is 0 Å². The van der Waals surface area contributed by atoms with Crippen LogP contribution < -0.4 is 14.7 Å². The number of aryl methyl sites for hydroxylation is 1. The fourth-order valence-electron chi connectivity index (χ4n) is 4.06. The van der Waals surface area contributed by atoms with Crippen LogP contribution in [0.25, 0.3) is 21.9 Å². The Balaban J connectivity index is 1.40. The van der Waals surface area contributed by atoms with Crippen LogP contribution in [-0.2, 0) is 0 Å². The van der Waals surface area contributed by atoms with Crippen LogP contribution in [0.2, 0.25) is 0 Å². The molecule has 29 heavy (non-hydrogen) atoms. The Bertz CT molecular complexity index is 1170. The van der Waals surface area contributed by atoms with Crippen LogP contribution in [0.4, 0.5) is 17.3 Å². The topological polar surface area (TPSA) is 77.1 Å². The molecule has 0 aliphatic carbocycles. The highest BCUT2D eigenvalue weighted by molar-refractivity contribution is 5.92. The molecule has 0 unspecified atom stereocenters. The predicted octanol–water partition coefficient (Wildman–Crippen LogP) is 2.60. The zero-order valence-corrected chi connectivity index (χ0v) is 16.9. The third-order valence-electron chi connectivity index (χ3n) is 5.50. The van der Waals surface area contributed by atoms with E-state index in [2.05, 4.69) is 65.9 Å². The van der Waals surface area contributed by atoms with Gasteiger partial charge in [0, 0.05) is 57.0 Å². The van der Waals surface area contributed by atoms with Crippen LogP contribution in [0.15, 0.2) is 36.9 Å². The molecule has 4 aromatic rings. The van der Waals surface area contributed by atoms with Crippen molar-refractivity contribution in [1.29, 1.82) is 0 Å². The Labute approximate surface area is 169 Å². The van der Waals surface area contributed by atoms with Gasteiger partial charge in [-0.3, -0.25) is 0 Å². The Kier molecular flexibility index (Phi) is 4.19. The number of benzene rings is 1. The number of aromatic amines is 1. The zero-order chi connectivity index (χ0) is 20.0. The summed E-state index contributed by atoms with van der Waals surface area (Å²) < 4.78 is 0. The first kappa shape index (κ1) is 17.7. The van der Waals surface area contributed by atoms with Gasteiger partial charge in [-0.25, -0.2) is 19.9 Å². The van der Waals surface area contributed by atoms with E-state index in [9.17, 15) is 0 Å². The Morgan fingerprint density at radius 1 is 0.862 bits per heavy atom. The van der Waals surface area contributed by atoms with Gasteiger partial charge in [-0.2, -0.15) is 0 Å². The molecule has 148 valence electrons. The lowest BCUT2D eigenvalue weighted by Gasteiger charge is -2.37. The van der Waals surface area contributed by atoms with Crippen molar-refractivity contribution in [3.63, 3.8) is 0 Å². The lowest BCUT2D eigenvalue weighted by atomic mass is 10.1. The molecule has 3 aromatic heterocycles. The maximum absolute atomic E-state index is 4.56. The molecule has 0 amide bonds. The largest absolute Gasteiger partial charge is 0.368 e. The monoisotopic (exact) mass is 388 g/mol. The summed E-state index contributed by atoms with van der Waals surface area (Å²) in [5, 5.41) is 1.08. The quantitative estimate of drug-likeness (QED) is 0.578. The Morgan fingerprint density at radius 2 is 1.59 bits per heavy atom. The average molecular weight is 388 g/mol. The van der Waals surface area contributed by atoms with Crippen LogP contribution >= 0.6 is 0 Å². The molecule has 0 radical (unpaired) electrons. The molecule has 0 atom stereocenters. The van der Waals surface area contributed by atoms with E-state index < -0.39 is 0 Å². The van der Waals surface area contributed by atoms with Crippen molar-refractivity contribution in [3.05, 3.63) is 42.6 Å². The van der Waals surface area contributed by atoms with E-state index in [-0.39, 0.29) is 0 Å². The van der Waals surface area contributed by atoms with Crippen molar-refractivity contribution < 1.29 is 0 Å². The second-order valence-electron chi connectivity index (χ2n) is 7.68. The van der Waals surface area contributed by atoms with Crippen molar-refractivity contribution in [2.24, 2.45) is 0 Å². The molecule has 1 aromatic carbocycles. The number of hydrogen-bond donors (Lipinski definition) is 1. The van der Waals surface area contributed by atoms with E-state index in [0.717, 1.165) is 65.4 Å². The summed E-state index contributed by atoms with van der Waals surface area (Å²) in [5.74, 6) is 1.94. The van der Waals surface area contributed by atoms with Crippen LogP contribution in [-0.4, -0.2) is 65.2 Å². The summed E-state index contributed by atoms with van der Waals surface area (Å²) in [4.78, 5) is 28.0. The van der Waals surface area contributed by atoms with Crippen LogP contribution in [0.5, 0.6) is 0 Å². The van der Waals surface area contributed by atoms with Gasteiger partial charge in [0.05, 0.1) is 11.0 Å². The van der Waals surface area contributed by atoms with Gasteiger partial charge in [-0.15, -0.1) is 0 Å². The first-order chi connectivity index (χ1) is 14.1. The molecule has 1 fully saturated rings. The molecule has 0 spiro atoms. The highest BCUT2D eigenvalue weighted by Gasteiger charge is 2.21. The summed E-state index contributed by atoms with van der Waals surface area (Å²) in [6.07, 6.45) is 3.28. The third-order valence-corrected chi connectivity index (χ3v) is 5.50. The number of H-pyrrole nitrogens is 1. The minimum absolute atomic E-state index is 0.911. The van der Waals surface area contributed by atoms with E-state index in [4.69, 9.17) is 0 Å². The van der Waals surface area contributed by atoms with Crippen molar-refractivity contribution in [1.82, 2.24) is 24.9 Å². The van der Waals surface area contributed by atoms with E-state index in [0.29, 0.717) is 0 Å². The van der Waals surface area contributed by atoms with Crippen molar-refractivity contribution in [3.8, 4) is 0 Å². The number of anilines is 3. The maximum Gasteiger partial charge on any atom is 0.156 e. The molecule has 1 aliphatic heterocycles. The van der Waals surface area contributed by atoms with Crippen molar-refractivity contribution in [2.75, 3.05) is 55.0 Å². The van der Waals surface area contributed by atoms with E-state index in [1.165, 1.54) is 5.69 Å². The van der Waals surface area contributed by atoms with Gasteiger partial charge in [-0.1, -0.05) is 0 Å². The van der Waals surface area contributed by atoms with E-state index in [1.54, 1.807) is 12.7 Å². The number of nitrogens with one attached hydrogen (secondary N) is 1. The molecular formula is C21H24N8. The van der Waals surface area contributed by atoms with E-state index in [1.807, 2.05) is 19.0 Å². The fraction of sp³-hybridized carbons (Fsp3) is 0.333. The van der Waals surface area contributed by atoms with Crippen LogP contribution in [0, 0.1) is 6.92 Å². The zero-order valence-electron chi connectivity index (χ0n) is 16.9. The molecule has 1 saturated heterocycles. The first-order valence-corrected chi connectivity index (χ1v) is 9.82. The smallest absolute Gasteiger partial charge is 0.156 e. The second kappa shape index (κ2) is 6.88. The summed E-state index contributed by atoms with van der Waals surface area (Å²) in [5.41, 5.74) is 5.28. The number of nitrogens with zero attached hydrogens (tertiary/aromatic N) is 7. The number of piperazine rings is 1. The summed E-state index contributed by atoms with van der Waals surface area (Å²) in [6, 6.07) is 8.51. The summed E-state index contributed by atoms with van der Waals surface area (Å²) >= 11 is 0. The standard InChI is InChI=1S/C21H24N8/c1-14-10-18-19(26-14)21(25-13-23-18)29-8-6-28(7-9-29)15-4-5-17-16(11-15)20(27(2)3)24-12-22-17/h4-5,10-13,26H,6-9H2,1-3H3. The predicted molar refractivity (Wildman–Crippen MR) is 117 cm³/mol. The highest BCUT2D eigenvalue weighted by atomic mass is 15.3. The highest BCUT2D eigenvalue weighted by Crippen LogP contribution is 2.29. The van der Waals surface area contributed by atoms with Gasteiger partial charge < -0.3 is 19.7 Å². The molecule has 1 aliphatic rings. The molecule has 0 saturated carbocycles. The van der Waals surface area contributed by atoms with Gasteiger partial charge in [0.25, 0.3) is 0 Å². The lowest BCUT2D eigenvalue weighted by Crippen LogP contribution is -2.47. The van der Waals surface area contributed by atoms with Crippen LogP contribution in [0.1, 0.15) is 5.69 Å². The Hall–Kier alpha value is -3.42. The van der Waals surface area contributed by atoms with Crippen LogP contribution in [0.3, 0.4) is 0 Å². The molecule has 4 heterocycles. The number of hydrogen-bond acceptors (Lipinski definition) is 7. The van der Waals surface area contributed by atoms with Gasteiger partial charge in [0.1, 0.15) is 24.0 Å².